The summed E-state index contributed by atoms with van der Waals surface area (Å²) in [4.78, 5) is 2.32. The van der Waals surface area contributed by atoms with Gasteiger partial charge in [0.1, 0.15) is 5.82 Å². The van der Waals surface area contributed by atoms with Crippen LogP contribution in [0.5, 0.6) is 0 Å². The van der Waals surface area contributed by atoms with Gasteiger partial charge < -0.3 is 5.73 Å². The molecule has 1 aromatic carbocycles. The minimum absolute atomic E-state index is 0. The fourth-order valence-electron chi connectivity index (χ4n) is 2.08. The van der Waals surface area contributed by atoms with Gasteiger partial charge in [0.05, 0.1) is 0 Å². The lowest BCUT2D eigenvalue weighted by molar-refractivity contribution is 0.326. The van der Waals surface area contributed by atoms with Gasteiger partial charge in [-0.2, -0.15) is 0 Å². The maximum absolute atomic E-state index is 12.9. The second-order valence-corrected chi connectivity index (χ2v) is 4.35. The van der Waals surface area contributed by atoms with Gasteiger partial charge >= 0.3 is 0 Å². The van der Waals surface area contributed by atoms with Crippen LogP contribution in [0.3, 0.4) is 0 Å². The van der Waals surface area contributed by atoms with Gasteiger partial charge in [0.15, 0.2) is 0 Å². The van der Waals surface area contributed by atoms with Crippen molar-refractivity contribution in [2.45, 2.75) is 25.9 Å². The van der Waals surface area contributed by atoms with E-state index in [2.05, 4.69) is 4.90 Å². The molecule has 0 spiro atoms. The van der Waals surface area contributed by atoms with Crippen LogP contribution in [0.15, 0.2) is 18.2 Å². The maximum atomic E-state index is 12.9. The molecule has 2 nitrogen and oxygen atoms in total. The summed E-state index contributed by atoms with van der Waals surface area (Å²) in [5.41, 5.74) is 8.06. The van der Waals surface area contributed by atoms with Crippen molar-refractivity contribution in [2.75, 3.05) is 13.1 Å². The Balaban J connectivity index is 0.00000128. The Morgan fingerprint density at radius 3 is 2.81 bits per heavy atom. The van der Waals surface area contributed by atoms with E-state index < -0.39 is 0 Å². The standard InChI is InChI=1S/C12H17FN2.ClH/c1-9-6-11(13)3-2-10(9)7-15-5-4-12(14)8-15;/h2-3,6,12H,4-5,7-8,14H2,1H3;1H/t12-;/m1./s1. The molecule has 16 heavy (non-hydrogen) atoms. The average Bonchev–Trinajstić information content (AvgIpc) is 2.56. The van der Waals surface area contributed by atoms with Crippen LogP contribution < -0.4 is 5.73 Å². The lowest BCUT2D eigenvalue weighted by Crippen LogP contribution is -2.26. The zero-order valence-corrected chi connectivity index (χ0v) is 10.3. The molecule has 1 aliphatic rings. The van der Waals surface area contributed by atoms with Gasteiger partial charge in [0.25, 0.3) is 0 Å². The van der Waals surface area contributed by atoms with E-state index in [1.54, 1.807) is 6.07 Å². The molecule has 90 valence electrons. The Labute approximate surface area is 102 Å². The highest BCUT2D eigenvalue weighted by molar-refractivity contribution is 5.85. The quantitative estimate of drug-likeness (QED) is 0.863. The second-order valence-electron chi connectivity index (χ2n) is 4.35. The topological polar surface area (TPSA) is 29.3 Å². The molecule has 1 heterocycles. The monoisotopic (exact) mass is 244 g/mol. The largest absolute Gasteiger partial charge is 0.326 e. The molecule has 0 bridgehead atoms. The van der Waals surface area contributed by atoms with Gasteiger partial charge in [-0.15, -0.1) is 12.4 Å². The summed E-state index contributed by atoms with van der Waals surface area (Å²) in [7, 11) is 0. The second kappa shape index (κ2) is 5.62. The molecule has 0 aromatic heterocycles. The lowest BCUT2D eigenvalue weighted by atomic mass is 10.1. The zero-order chi connectivity index (χ0) is 10.8. The first-order chi connectivity index (χ1) is 7.15. The van der Waals surface area contributed by atoms with E-state index in [-0.39, 0.29) is 18.2 Å². The Morgan fingerprint density at radius 1 is 1.50 bits per heavy atom. The van der Waals surface area contributed by atoms with Crippen molar-refractivity contribution in [2.24, 2.45) is 5.73 Å². The fourth-order valence-corrected chi connectivity index (χ4v) is 2.08. The van der Waals surface area contributed by atoms with Gasteiger partial charge in [-0.05, 0) is 36.6 Å². The van der Waals surface area contributed by atoms with Gasteiger partial charge in [0.2, 0.25) is 0 Å². The van der Waals surface area contributed by atoms with E-state index in [1.807, 2.05) is 13.0 Å². The Kier molecular flexibility index (Phi) is 4.71. The highest BCUT2D eigenvalue weighted by atomic mass is 35.5. The molecule has 0 radical (unpaired) electrons. The molecule has 2 rings (SSSR count). The summed E-state index contributed by atoms with van der Waals surface area (Å²) in [5.74, 6) is -0.158. The van der Waals surface area contributed by atoms with Crippen LogP contribution in [0.25, 0.3) is 0 Å². The highest BCUT2D eigenvalue weighted by Gasteiger charge is 2.19. The van der Waals surface area contributed by atoms with Gasteiger partial charge in [-0.3, -0.25) is 4.90 Å². The highest BCUT2D eigenvalue weighted by Crippen LogP contribution is 2.16. The normalized spacial score (nSPS) is 20.8. The lowest BCUT2D eigenvalue weighted by Gasteiger charge is -2.16. The van der Waals surface area contributed by atoms with Crippen LogP contribution in [0.1, 0.15) is 17.5 Å². The number of halogens is 2. The SMILES string of the molecule is Cc1cc(F)ccc1CN1CC[C@@H](N)C1.Cl. The summed E-state index contributed by atoms with van der Waals surface area (Å²) in [6.45, 7) is 4.85. The van der Waals surface area contributed by atoms with E-state index in [0.29, 0.717) is 6.04 Å². The molecule has 0 saturated carbocycles. The number of nitrogens with two attached hydrogens (primary N) is 1. The van der Waals surface area contributed by atoms with E-state index in [1.165, 1.54) is 11.6 Å². The molecule has 1 saturated heterocycles. The summed E-state index contributed by atoms with van der Waals surface area (Å²) in [6, 6.07) is 5.30. The van der Waals surface area contributed by atoms with E-state index >= 15 is 0 Å². The number of hydrogen-bond acceptors (Lipinski definition) is 2. The molecule has 0 aliphatic carbocycles. The van der Waals surface area contributed by atoms with Crippen LogP contribution in [0, 0.1) is 12.7 Å². The van der Waals surface area contributed by atoms with Crippen molar-refractivity contribution >= 4 is 12.4 Å². The maximum Gasteiger partial charge on any atom is 0.123 e. The smallest absolute Gasteiger partial charge is 0.123 e. The molecular formula is C12H18ClFN2. The number of benzene rings is 1. The third-order valence-electron chi connectivity index (χ3n) is 3.01. The minimum atomic E-state index is -0.158. The first-order valence-electron chi connectivity index (χ1n) is 5.38. The first-order valence-corrected chi connectivity index (χ1v) is 5.38. The van der Waals surface area contributed by atoms with Crippen molar-refractivity contribution in [3.05, 3.63) is 35.1 Å². The van der Waals surface area contributed by atoms with Crippen molar-refractivity contribution in [1.29, 1.82) is 0 Å². The minimum Gasteiger partial charge on any atom is -0.326 e. The molecule has 4 heteroatoms. The molecule has 1 aromatic rings. The summed E-state index contributed by atoms with van der Waals surface area (Å²) < 4.78 is 12.9. The molecule has 0 amide bonds. The van der Waals surface area contributed by atoms with Crippen LogP contribution in [0.2, 0.25) is 0 Å². The summed E-state index contributed by atoms with van der Waals surface area (Å²) >= 11 is 0. The average molecular weight is 245 g/mol. The number of likely N-dealkylation sites (tertiary alicyclic amines) is 1. The van der Waals surface area contributed by atoms with Crippen molar-refractivity contribution in [3.8, 4) is 0 Å². The van der Waals surface area contributed by atoms with Gasteiger partial charge in [-0.1, -0.05) is 6.07 Å². The zero-order valence-electron chi connectivity index (χ0n) is 9.45. The van der Waals surface area contributed by atoms with Crippen molar-refractivity contribution < 1.29 is 4.39 Å². The van der Waals surface area contributed by atoms with Crippen molar-refractivity contribution in [1.82, 2.24) is 4.90 Å². The molecule has 2 N–H and O–H groups in total. The van der Waals surface area contributed by atoms with Crippen molar-refractivity contribution in [3.63, 3.8) is 0 Å². The molecular weight excluding hydrogens is 227 g/mol. The number of rotatable bonds is 2. The van der Waals surface area contributed by atoms with E-state index in [0.717, 1.165) is 31.6 Å². The summed E-state index contributed by atoms with van der Waals surface area (Å²) in [5, 5.41) is 0. The van der Waals surface area contributed by atoms with E-state index in [4.69, 9.17) is 5.73 Å². The molecule has 1 fully saturated rings. The molecule has 0 unspecified atom stereocenters. The third-order valence-corrected chi connectivity index (χ3v) is 3.01. The number of hydrogen-bond donors (Lipinski definition) is 1. The number of nitrogens with zero attached hydrogens (tertiary/aromatic N) is 1. The van der Waals surface area contributed by atoms with E-state index in [9.17, 15) is 4.39 Å². The first kappa shape index (κ1) is 13.4. The Bertz CT molecular complexity index is 357. The van der Waals surface area contributed by atoms with Crippen LogP contribution >= 0.6 is 12.4 Å². The Hall–Kier alpha value is -0.640. The Morgan fingerprint density at radius 2 is 2.25 bits per heavy atom. The molecule has 1 atom stereocenters. The summed E-state index contributed by atoms with van der Waals surface area (Å²) in [6.07, 6.45) is 1.07. The fraction of sp³-hybridized carbons (Fsp3) is 0.500. The predicted molar refractivity (Wildman–Crippen MR) is 66.3 cm³/mol. The van der Waals surface area contributed by atoms with Crippen LogP contribution in [-0.2, 0) is 6.54 Å². The van der Waals surface area contributed by atoms with Gasteiger partial charge in [-0.25, -0.2) is 4.39 Å². The van der Waals surface area contributed by atoms with Crippen LogP contribution in [-0.4, -0.2) is 24.0 Å². The number of aryl methyl sites for hydroxylation is 1. The third kappa shape index (κ3) is 3.17. The van der Waals surface area contributed by atoms with Crippen LogP contribution in [0.4, 0.5) is 4.39 Å². The molecule has 1 aliphatic heterocycles. The van der Waals surface area contributed by atoms with Gasteiger partial charge in [0, 0.05) is 25.7 Å². The predicted octanol–water partition coefficient (Wildman–Crippen LogP) is 2.09.